The Morgan fingerprint density at radius 2 is 1.85 bits per heavy atom. The van der Waals surface area contributed by atoms with Crippen molar-refractivity contribution < 1.29 is 14.3 Å². The summed E-state index contributed by atoms with van der Waals surface area (Å²) in [7, 11) is 3.65. The number of likely N-dealkylation sites (N-methyl/N-ethyl adjacent to an activating group) is 1. The lowest BCUT2D eigenvalue weighted by Crippen LogP contribution is -2.41. The number of hydrogen-bond acceptors (Lipinski definition) is 7. The van der Waals surface area contributed by atoms with Gasteiger partial charge in [0.25, 0.3) is 0 Å². The van der Waals surface area contributed by atoms with E-state index in [1.807, 2.05) is 11.1 Å². The second-order valence-corrected chi connectivity index (χ2v) is 6.04. The van der Waals surface area contributed by atoms with Gasteiger partial charge in [0.15, 0.2) is 11.5 Å². The quantitative estimate of drug-likeness (QED) is 0.464. The van der Waals surface area contributed by atoms with E-state index >= 15 is 0 Å². The Labute approximate surface area is 152 Å². The molecule has 1 aromatic carbocycles. The lowest BCUT2D eigenvalue weighted by atomic mass is 10.2. The van der Waals surface area contributed by atoms with E-state index in [4.69, 9.17) is 9.47 Å². The fraction of sp³-hybridized carbons (Fsp3) is 0.316. The number of hydrogen-bond donors (Lipinski definition) is 0. The lowest BCUT2D eigenvalue weighted by molar-refractivity contribution is 0.0729. The maximum atomic E-state index is 12.2. The van der Waals surface area contributed by atoms with E-state index in [0.717, 1.165) is 31.7 Å². The molecule has 0 bridgehead atoms. The fourth-order valence-electron chi connectivity index (χ4n) is 2.56. The van der Waals surface area contributed by atoms with E-state index < -0.39 is 5.97 Å². The first-order valence-electron chi connectivity index (χ1n) is 8.43. The van der Waals surface area contributed by atoms with Gasteiger partial charge in [-0.3, -0.25) is 9.99 Å². The van der Waals surface area contributed by atoms with Crippen LogP contribution in [-0.2, 0) is 0 Å². The van der Waals surface area contributed by atoms with Gasteiger partial charge in [0.05, 0.1) is 18.9 Å². The van der Waals surface area contributed by atoms with Crippen LogP contribution >= 0.6 is 0 Å². The summed E-state index contributed by atoms with van der Waals surface area (Å²) in [6, 6.07) is 8.56. The summed E-state index contributed by atoms with van der Waals surface area (Å²) in [6.45, 7) is 3.83. The number of pyridine rings is 1. The minimum absolute atomic E-state index is 0.367. The van der Waals surface area contributed by atoms with E-state index in [2.05, 4.69) is 22.0 Å². The van der Waals surface area contributed by atoms with Crippen molar-refractivity contribution in [2.24, 2.45) is 5.10 Å². The molecule has 1 fully saturated rings. The van der Waals surface area contributed by atoms with Gasteiger partial charge in [0.1, 0.15) is 0 Å². The zero-order valence-electron chi connectivity index (χ0n) is 15.0. The van der Waals surface area contributed by atoms with Crippen molar-refractivity contribution in [3.05, 3.63) is 53.9 Å². The molecular formula is C19H22N4O3. The van der Waals surface area contributed by atoms with Crippen LogP contribution in [0.4, 0.5) is 0 Å². The molecule has 1 aromatic heterocycles. The molecule has 0 radical (unpaired) electrons. The number of carbonyl (C=O) groups is 1. The number of benzene rings is 1. The average Bonchev–Trinajstić information content (AvgIpc) is 2.69. The van der Waals surface area contributed by atoms with Crippen LogP contribution in [0.3, 0.4) is 0 Å². The highest BCUT2D eigenvalue weighted by Crippen LogP contribution is 2.28. The normalized spacial score (nSPS) is 15.2. The van der Waals surface area contributed by atoms with Crippen LogP contribution in [0.1, 0.15) is 15.9 Å². The van der Waals surface area contributed by atoms with Gasteiger partial charge in [-0.05, 0) is 42.9 Å². The van der Waals surface area contributed by atoms with Gasteiger partial charge in [-0.1, -0.05) is 0 Å². The number of aromatic nitrogens is 1. The molecule has 0 amide bonds. The Balaban J connectivity index is 1.68. The SMILES string of the molecule is COc1cc(/C=N\N2CCN(C)CC2)ccc1OC(=O)c1ccncc1. The van der Waals surface area contributed by atoms with Crippen LogP contribution in [0.5, 0.6) is 11.5 Å². The Morgan fingerprint density at radius 3 is 2.54 bits per heavy atom. The molecule has 0 N–H and O–H groups in total. The lowest BCUT2D eigenvalue weighted by Gasteiger charge is -2.30. The third-order valence-electron chi connectivity index (χ3n) is 4.16. The van der Waals surface area contributed by atoms with Gasteiger partial charge >= 0.3 is 5.97 Å². The first-order valence-corrected chi connectivity index (χ1v) is 8.43. The Hall–Kier alpha value is -2.93. The highest BCUT2D eigenvalue weighted by Gasteiger charge is 2.13. The molecule has 1 saturated heterocycles. The molecule has 3 rings (SSSR count). The predicted octanol–water partition coefficient (Wildman–Crippen LogP) is 1.89. The number of rotatable bonds is 5. The van der Waals surface area contributed by atoms with Crippen LogP contribution in [0.15, 0.2) is 47.8 Å². The zero-order valence-corrected chi connectivity index (χ0v) is 15.0. The first-order chi connectivity index (χ1) is 12.7. The molecule has 1 aliphatic rings. The summed E-state index contributed by atoms with van der Waals surface area (Å²) >= 11 is 0. The monoisotopic (exact) mass is 354 g/mol. The molecule has 136 valence electrons. The summed E-state index contributed by atoms with van der Waals surface area (Å²) in [4.78, 5) is 18.4. The average molecular weight is 354 g/mol. The summed E-state index contributed by atoms with van der Waals surface area (Å²) in [6.07, 6.45) is 4.89. The van der Waals surface area contributed by atoms with E-state index in [-0.39, 0.29) is 0 Å². The molecule has 2 heterocycles. The van der Waals surface area contributed by atoms with Crippen molar-refractivity contribution in [3.63, 3.8) is 0 Å². The molecule has 7 nitrogen and oxygen atoms in total. The first kappa shape index (κ1) is 17.9. The standard InChI is InChI=1S/C19H22N4O3/c1-22-9-11-23(12-10-22)21-14-15-3-4-17(18(13-15)25-2)26-19(24)16-5-7-20-8-6-16/h3-8,13-14H,9-12H2,1-2H3/b21-14-. The van der Waals surface area contributed by atoms with Gasteiger partial charge in [-0.25, -0.2) is 4.79 Å². The summed E-state index contributed by atoms with van der Waals surface area (Å²) < 4.78 is 10.8. The van der Waals surface area contributed by atoms with Crippen molar-refractivity contribution in [1.29, 1.82) is 0 Å². The number of carbonyl (C=O) groups excluding carboxylic acids is 1. The van der Waals surface area contributed by atoms with E-state index in [0.29, 0.717) is 17.1 Å². The second-order valence-electron chi connectivity index (χ2n) is 6.04. The van der Waals surface area contributed by atoms with Crippen LogP contribution in [0.2, 0.25) is 0 Å². The van der Waals surface area contributed by atoms with Gasteiger partial charge < -0.3 is 14.4 Å². The van der Waals surface area contributed by atoms with Gasteiger partial charge in [-0.2, -0.15) is 5.10 Å². The van der Waals surface area contributed by atoms with Crippen LogP contribution in [0.25, 0.3) is 0 Å². The number of hydrazone groups is 1. The molecule has 1 aliphatic heterocycles. The van der Waals surface area contributed by atoms with E-state index in [9.17, 15) is 4.79 Å². The summed E-state index contributed by atoms with van der Waals surface area (Å²) in [5, 5.41) is 6.56. The maximum absolute atomic E-state index is 12.2. The minimum atomic E-state index is -0.454. The van der Waals surface area contributed by atoms with Crippen molar-refractivity contribution >= 4 is 12.2 Å². The fourth-order valence-corrected chi connectivity index (χ4v) is 2.56. The molecule has 26 heavy (non-hydrogen) atoms. The maximum Gasteiger partial charge on any atom is 0.343 e. The molecule has 0 saturated carbocycles. The van der Waals surface area contributed by atoms with Crippen molar-refractivity contribution in [2.45, 2.75) is 0 Å². The number of esters is 1. The van der Waals surface area contributed by atoms with E-state index in [1.54, 1.807) is 50.0 Å². The predicted molar refractivity (Wildman–Crippen MR) is 98.9 cm³/mol. The van der Waals surface area contributed by atoms with Crippen molar-refractivity contribution in [1.82, 2.24) is 14.9 Å². The van der Waals surface area contributed by atoms with E-state index in [1.165, 1.54) is 0 Å². The van der Waals surface area contributed by atoms with Gasteiger partial charge in [0, 0.05) is 38.6 Å². The zero-order chi connectivity index (χ0) is 18.4. The van der Waals surface area contributed by atoms with Crippen LogP contribution in [-0.4, -0.2) is 67.4 Å². The van der Waals surface area contributed by atoms with Gasteiger partial charge in [0.2, 0.25) is 0 Å². The highest BCUT2D eigenvalue weighted by atomic mass is 16.6. The minimum Gasteiger partial charge on any atom is -0.493 e. The summed E-state index contributed by atoms with van der Waals surface area (Å²) in [5.41, 5.74) is 1.31. The topological polar surface area (TPSA) is 67.3 Å². The molecule has 0 aliphatic carbocycles. The third-order valence-corrected chi connectivity index (χ3v) is 4.16. The second kappa shape index (κ2) is 8.44. The highest BCUT2D eigenvalue weighted by molar-refractivity contribution is 5.91. The van der Waals surface area contributed by atoms with Crippen LogP contribution < -0.4 is 9.47 Å². The molecule has 0 unspecified atom stereocenters. The Kier molecular flexibility index (Phi) is 5.80. The van der Waals surface area contributed by atoms with Crippen LogP contribution in [0, 0.1) is 0 Å². The van der Waals surface area contributed by atoms with Gasteiger partial charge in [-0.15, -0.1) is 0 Å². The number of methoxy groups -OCH3 is 1. The molecule has 0 atom stereocenters. The Morgan fingerprint density at radius 1 is 1.12 bits per heavy atom. The smallest absolute Gasteiger partial charge is 0.343 e. The third kappa shape index (κ3) is 4.58. The number of piperazine rings is 1. The molecule has 7 heteroatoms. The summed E-state index contributed by atoms with van der Waals surface area (Å²) in [5.74, 6) is 0.394. The number of nitrogens with zero attached hydrogens (tertiary/aromatic N) is 4. The van der Waals surface area contributed by atoms with Crippen molar-refractivity contribution in [2.75, 3.05) is 40.3 Å². The molecular weight excluding hydrogens is 332 g/mol. The number of ether oxygens (including phenoxy) is 2. The molecule has 2 aromatic rings. The largest absolute Gasteiger partial charge is 0.493 e. The van der Waals surface area contributed by atoms with Crippen molar-refractivity contribution in [3.8, 4) is 11.5 Å². The molecule has 0 spiro atoms. The Bertz CT molecular complexity index is 772.